The van der Waals surface area contributed by atoms with Crippen molar-refractivity contribution < 1.29 is 21.6 Å². The number of hydrogen-bond acceptors (Lipinski definition) is 5. The van der Waals surface area contributed by atoms with E-state index in [1.807, 2.05) is 0 Å². The van der Waals surface area contributed by atoms with Gasteiger partial charge in [0.1, 0.15) is 16.3 Å². The Labute approximate surface area is 154 Å². The average Bonchev–Trinajstić information content (AvgIpc) is 3.42. The third kappa shape index (κ3) is 3.26. The lowest BCUT2D eigenvalue weighted by atomic mass is 10.3. The number of nitrogens with zero attached hydrogens (tertiary/aromatic N) is 4. The Morgan fingerprint density at radius 3 is 2.52 bits per heavy atom. The van der Waals surface area contributed by atoms with Gasteiger partial charge in [-0.15, -0.1) is 0 Å². The fraction of sp³-hybridized carbons (Fsp3) is 0.294. The number of rotatable bonds is 5. The Bertz CT molecular complexity index is 1020. The topological polar surface area (TPSA) is 81.2 Å². The molecule has 0 atom stereocenters. The number of pyridine rings is 1. The summed E-state index contributed by atoms with van der Waals surface area (Å²) in [6.45, 7) is 0.979. The zero-order valence-corrected chi connectivity index (χ0v) is 14.9. The van der Waals surface area contributed by atoms with Crippen molar-refractivity contribution in [2.45, 2.75) is 24.2 Å². The molecular formula is C17H16F2N4O3S. The molecule has 0 bridgehead atoms. The lowest BCUT2D eigenvalue weighted by Gasteiger charge is -2.15. The van der Waals surface area contributed by atoms with E-state index >= 15 is 0 Å². The Balaban J connectivity index is 1.72. The number of furan rings is 1. The molecule has 0 radical (unpaired) electrons. The number of alkyl halides is 2. The Morgan fingerprint density at radius 1 is 1.15 bits per heavy atom. The summed E-state index contributed by atoms with van der Waals surface area (Å²) < 4.78 is 59.3. The molecular weight excluding hydrogens is 378 g/mol. The lowest BCUT2D eigenvalue weighted by molar-refractivity contribution is 0.145. The van der Waals surface area contributed by atoms with E-state index in [9.17, 15) is 17.2 Å². The predicted molar refractivity (Wildman–Crippen MR) is 92.0 cm³/mol. The summed E-state index contributed by atoms with van der Waals surface area (Å²) in [5.41, 5.74) is -0.116. The normalized spacial score (nSPS) is 15.7. The van der Waals surface area contributed by atoms with Gasteiger partial charge >= 0.3 is 0 Å². The van der Waals surface area contributed by atoms with E-state index in [1.165, 1.54) is 39.6 Å². The average molecular weight is 394 g/mol. The van der Waals surface area contributed by atoms with Crippen LogP contribution in [-0.2, 0) is 10.0 Å². The second kappa shape index (κ2) is 6.86. The van der Waals surface area contributed by atoms with E-state index in [-0.39, 0.29) is 10.7 Å². The van der Waals surface area contributed by atoms with Crippen molar-refractivity contribution in [1.29, 1.82) is 0 Å². The Hall–Kier alpha value is -2.59. The van der Waals surface area contributed by atoms with E-state index in [2.05, 4.69) is 10.1 Å². The molecule has 0 saturated carbocycles. The van der Waals surface area contributed by atoms with Crippen molar-refractivity contribution in [3.63, 3.8) is 0 Å². The summed E-state index contributed by atoms with van der Waals surface area (Å²) in [7, 11) is -3.60. The molecule has 10 heteroatoms. The van der Waals surface area contributed by atoms with Crippen LogP contribution in [0.2, 0.25) is 0 Å². The Kier molecular flexibility index (Phi) is 4.52. The fourth-order valence-electron chi connectivity index (χ4n) is 3.01. The number of hydrogen-bond donors (Lipinski definition) is 0. The van der Waals surface area contributed by atoms with Gasteiger partial charge < -0.3 is 4.42 Å². The summed E-state index contributed by atoms with van der Waals surface area (Å²) in [5, 5.41) is 3.89. The van der Waals surface area contributed by atoms with E-state index in [4.69, 9.17) is 4.42 Å². The third-order valence-corrected chi connectivity index (χ3v) is 6.25. The molecule has 4 rings (SSSR count). The van der Waals surface area contributed by atoms with Gasteiger partial charge in [0.25, 0.3) is 6.43 Å². The highest BCUT2D eigenvalue weighted by Crippen LogP contribution is 2.28. The van der Waals surface area contributed by atoms with Gasteiger partial charge in [-0.3, -0.25) is 0 Å². The van der Waals surface area contributed by atoms with Crippen LogP contribution in [0.5, 0.6) is 0 Å². The van der Waals surface area contributed by atoms with E-state index in [0.717, 1.165) is 12.8 Å². The minimum absolute atomic E-state index is 0.0638. The monoisotopic (exact) mass is 394 g/mol. The number of sulfonamides is 1. The molecule has 0 spiro atoms. The molecule has 3 aromatic rings. The predicted octanol–water partition coefficient (Wildman–Crippen LogP) is 3.25. The third-order valence-electron chi connectivity index (χ3n) is 4.37. The highest BCUT2D eigenvalue weighted by molar-refractivity contribution is 7.89. The first-order valence-corrected chi connectivity index (χ1v) is 9.79. The molecule has 1 saturated heterocycles. The maximum atomic E-state index is 13.1. The van der Waals surface area contributed by atoms with Gasteiger partial charge in [-0.05, 0) is 43.2 Å². The lowest BCUT2D eigenvalue weighted by Crippen LogP contribution is -2.28. The van der Waals surface area contributed by atoms with Crippen LogP contribution in [-0.4, -0.2) is 40.6 Å². The zero-order valence-electron chi connectivity index (χ0n) is 14.1. The molecule has 1 fully saturated rings. The maximum Gasteiger partial charge on any atom is 0.282 e. The quantitative estimate of drug-likeness (QED) is 0.664. The van der Waals surface area contributed by atoms with Crippen LogP contribution in [0.15, 0.2) is 52.1 Å². The van der Waals surface area contributed by atoms with E-state index in [1.54, 1.807) is 12.1 Å². The summed E-state index contributed by atoms with van der Waals surface area (Å²) in [4.78, 5) is 4.20. The van der Waals surface area contributed by atoms with Crippen LogP contribution in [0.1, 0.15) is 25.0 Å². The van der Waals surface area contributed by atoms with Gasteiger partial charge in [0, 0.05) is 19.3 Å². The molecule has 0 amide bonds. The summed E-state index contributed by atoms with van der Waals surface area (Å²) in [6.07, 6.45) is 1.56. The first-order valence-electron chi connectivity index (χ1n) is 8.35. The van der Waals surface area contributed by atoms with Crippen molar-refractivity contribution in [2.24, 2.45) is 0 Å². The van der Waals surface area contributed by atoms with Gasteiger partial charge in [-0.25, -0.2) is 26.9 Å². The molecule has 0 N–H and O–H groups in total. The molecule has 142 valence electrons. The largest absolute Gasteiger partial charge is 0.463 e. The zero-order chi connectivity index (χ0) is 19.0. The molecule has 27 heavy (non-hydrogen) atoms. The fourth-order valence-corrected chi connectivity index (χ4v) is 4.47. The van der Waals surface area contributed by atoms with Crippen LogP contribution in [0.3, 0.4) is 0 Å². The van der Waals surface area contributed by atoms with Gasteiger partial charge in [-0.2, -0.15) is 9.40 Å². The minimum Gasteiger partial charge on any atom is -0.463 e. The minimum atomic E-state index is -3.60. The van der Waals surface area contributed by atoms with Gasteiger partial charge in [0.05, 0.1) is 6.26 Å². The van der Waals surface area contributed by atoms with Crippen LogP contribution >= 0.6 is 0 Å². The van der Waals surface area contributed by atoms with Crippen LogP contribution in [0, 0.1) is 0 Å². The van der Waals surface area contributed by atoms with Crippen molar-refractivity contribution >= 4 is 10.0 Å². The number of halogens is 2. The molecule has 3 aromatic heterocycles. The molecule has 4 heterocycles. The molecule has 7 nitrogen and oxygen atoms in total. The van der Waals surface area contributed by atoms with Gasteiger partial charge in [0.2, 0.25) is 10.0 Å². The maximum absolute atomic E-state index is 13.1. The van der Waals surface area contributed by atoms with Crippen LogP contribution in [0.25, 0.3) is 17.3 Å². The van der Waals surface area contributed by atoms with Crippen LogP contribution < -0.4 is 0 Å². The molecule has 1 aliphatic rings. The molecule has 0 aromatic carbocycles. The van der Waals surface area contributed by atoms with E-state index in [0.29, 0.717) is 24.5 Å². The highest BCUT2D eigenvalue weighted by atomic mass is 32.2. The second-order valence-corrected chi connectivity index (χ2v) is 8.05. The van der Waals surface area contributed by atoms with Crippen molar-refractivity contribution in [2.75, 3.05) is 13.1 Å². The van der Waals surface area contributed by atoms with Gasteiger partial charge in [-0.1, -0.05) is 0 Å². The van der Waals surface area contributed by atoms with E-state index < -0.39 is 22.1 Å². The summed E-state index contributed by atoms with van der Waals surface area (Å²) >= 11 is 0. The number of aromatic nitrogens is 3. The van der Waals surface area contributed by atoms with Gasteiger partial charge in [0.15, 0.2) is 11.6 Å². The first kappa shape index (κ1) is 17.8. The van der Waals surface area contributed by atoms with Crippen molar-refractivity contribution in [1.82, 2.24) is 19.1 Å². The molecule has 1 aliphatic heterocycles. The molecule has 0 unspecified atom stereocenters. The summed E-state index contributed by atoms with van der Waals surface area (Å²) in [6, 6.07) is 7.33. The second-order valence-electron chi connectivity index (χ2n) is 6.11. The summed E-state index contributed by atoms with van der Waals surface area (Å²) in [5.74, 6) is 0.568. The standard InChI is InChI=1S/C17H16F2N4O3S/c18-17(19)13-10-14(15-4-3-9-26-15)23(21-13)16-6-5-12(11-20-16)27(24,25)22-7-1-2-8-22/h3-6,9-11,17H,1-2,7-8H2. The SMILES string of the molecule is O=S(=O)(c1ccc(-n2nc(C(F)F)cc2-c2ccco2)nc1)N1CCCC1. The van der Waals surface area contributed by atoms with Crippen molar-refractivity contribution in [3.05, 3.63) is 48.5 Å². The highest BCUT2D eigenvalue weighted by Gasteiger charge is 2.27. The Morgan fingerprint density at radius 2 is 1.93 bits per heavy atom. The molecule has 0 aliphatic carbocycles. The van der Waals surface area contributed by atoms with Crippen LogP contribution in [0.4, 0.5) is 8.78 Å². The smallest absolute Gasteiger partial charge is 0.282 e. The van der Waals surface area contributed by atoms with Crippen molar-refractivity contribution in [3.8, 4) is 17.3 Å². The first-order chi connectivity index (χ1) is 13.0.